The van der Waals surface area contributed by atoms with Crippen molar-refractivity contribution in [1.82, 2.24) is 0 Å². The van der Waals surface area contributed by atoms with Gasteiger partial charge < -0.3 is 15.6 Å². The van der Waals surface area contributed by atoms with Gasteiger partial charge in [-0.15, -0.1) is 0 Å². The fourth-order valence-electron chi connectivity index (χ4n) is 3.76. The van der Waals surface area contributed by atoms with Crippen LogP contribution >= 0.6 is 0 Å². The third-order valence-electron chi connectivity index (χ3n) is 5.75. The maximum atomic E-state index is 9.40. The van der Waals surface area contributed by atoms with Crippen LogP contribution in [0.2, 0.25) is 0 Å². The van der Waals surface area contributed by atoms with Crippen LogP contribution in [0.15, 0.2) is 53.1 Å². The van der Waals surface area contributed by atoms with Crippen molar-refractivity contribution in [3.05, 3.63) is 59.2 Å². The lowest BCUT2D eigenvalue weighted by molar-refractivity contribution is 0.281. The molecule has 1 aliphatic heterocycles. The van der Waals surface area contributed by atoms with Gasteiger partial charge >= 0.3 is 0 Å². The third-order valence-corrected chi connectivity index (χ3v) is 5.75. The van der Waals surface area contributed by atoms with E-state index >= 15 is 0 Å². The summed E-state index contributed by atoms with van der Waals surface area (Å²) >= 11 is 0. The zero-order valence-electron chi connectivity index (χ0n) is 16.4. The number of ether oxygens (including phenoxy) is 1. The maximum absolute atomic E-state index is 9.40. The van der Waals surface area contributed by atoms with Crippen LogP contribution in [-0.4, -0.2) is 35.7 Å². The molecule has 0 saturated carbocycles. The van der Waals surface area contributed by atoms with Gasteiger partial charge in [0.25, 0.3) is 0 Å². The summed E-state index contributed by atoms with van der Waals surface area (Å²) in [5.74, 6) is 0.232. The number of amidine groups is 1. The van der Waals surface area contributed by atoms with Crippen LogP contribution < -0.4 is 5.73 Å². The molecule has 4 unspecified atom stereocenters. The number of hydrogen-bond donors (Lipinski definition) is 4. The molecule has 0 radical (unpaired) electrons. The van der Waals surface area contributed by atoms with Crippen molar-refractivity contribution in [1.29, 1.82) is 10.8 Å². The molecule has 4 atom stereocenters. The summed E-state index contributed by atoms with van der Waals surface area (Å²) in [6.45, 7) is 5.06. The van der Waals surface area contributed by atoms with E-state index < -0.39 is 5.92 Å². The molecular formula is C22H28N4O2. The Balaban J connectivity index is 1.79. The van der Waals surface area contributed by atoms with E-state index in [1.165, 1.54) is 5.57 Å². The molecule has 1 aliphatic carbocycles. The van der Waals surface area contributed by atoms with Gasteiger partial charge in [-0.1, -0.05) is 56.3 Å². The fraction of sp³-hybridized carbons (Fsp3) is 0.409. The van der Waals surface area contributed by atoms with Gasteiger partial charge in [0.2, 0.25) is 5.90 Å². The van der Waals surface area contributed by atoms with Crippen molar-refractivity contribution < 1.29 is 9.84 Å². The van der Waals surface area contributed by atoms with Crippen LogP contribution in [0.5, 0.6) is 0 Å². The van der Waals surface area contributed by atoms with E-state index in [1.807, 2.05) is 30.3 Å². The summed E-state index contributed by atoms with van der Waals surface area (Å²) in [5, 5.41) is 26.0. The van der Waals surface area contributed by atoms with Gasteiger partial charge in [-0.05, 0) is 28.5 Å². The molecule has 2 aliphatic rings. The molecular weight excluding hydrogens is 352 g/mol. The Morgan fingerprint density at radius 2 is 2.14 bits per heavy atom. The molecule has 0 amide bonds. The zero-order chi connectivity index (χ0) is 20.3. The SMILES string of the molecule is CC1C=CC=C(COC2=NCC(c3cccc(CO)c3)C(C(=N)N)C2=N)C1C. The Labute approximate surface area is 165 Å². The molecule has 6 heteroatoms. The number of allylic oxidation sites excluding steroid dienone is 3. The minimum atomic E-state index is -0.585. The van der Waals surface area contributed by atoms with E-state index in [2.05, 4.69) is 31.0 Å². The molecule has 5 N–H and O–H groups in total. The molecule has 3 rings (SSSR count). The first kappa shape index (κ1) is 20.0. The molecule has 148 valence electrons. The van der Waals surface area contributed by atoms with Gasteiger partial charge in [0, 0.05) is 5.92 Å². The number of aliphatic imine (C=N–C) groups is 1. The minimum absolute atomic E-state index is 0.0550. The number of benzene rings is 1. The lowest BCUT2D eigenvalue weighted by Crippen LogP contribution is -2.43. The first-order valence-electron chi connectivity index (χ1n) is 9.59. The largest absolute Gasteiger partial charge is 0.472 e. The average molecular weight is 380 g/mol. The highest BCUT2D eigenvalue weighted by atomic mass is 16.5. The molecule has 1 heterocycles. The van der Waals surface area contributed by atoms with E-state index in [9.17, 15) is 5.11 Å². The first-order valence-corrected chi connectivity index (χ1v) is 9.59. The van der Waals surface area contributed by atoms with Crippen LogP contribution in [-0.2, 0) is 11.3 Å². The maximum Gasteiger partial charge on any atom is 0.231 e. The van der Waals surface area contributed by atoms with Gasteiger partial charge in [0.15, 0.2) is 0 Å². The normalized spacial score (nSPS) is 27.2. The summed E-state index contributed by atoms with van der Waals surface area (Å²) in [7, 11) is 0. The minimum Gasteiger partial charge on any atom is -0.472 e. The van der Waals surface area contributed by atoms with Crippen LogP contribution in [0.1, 0.15) is 30.9 Å². The van der Waals surface area contributed by atoms with Gasteiger partial charge in [-0.25, -0.2) is 4.99 Å². The highest BCUT2D eigenvalue weighted by Gasteiger charge is 2.36. The second kappa shape index (κ2) is 8.52. The van der Waals surface area contributed by atoms with E-state index in [1.54, 1.807) is 0 Å². The monoisotopic (exact) mass is 380 g/mol. The summed E-state index contributed by atoms with van der Waals surface area (Å²) in [6.07, 6.45) is 6.27. The molecule has 0 saturated heterocycles. The van der Waals surface area contributed by atoms with Crippen molar-refractivity contribution in [2.24, 2.45) is 28.5 Å². The van der Waals surface area contributed by atoms with Gasteiger partial charge in [0.05, 0.1) is 19.1 Å². The van der Waals surface area contributed by atoms with E-state index in [0.29, 0.717) is 25.0 Å². The molecule has 28 heavy (non-hydrogen) atoms. The second-order valence-corrected chi connectivity index (χ2v) is 7.57. The molecule has 6 nitrogen and oxygen atoms in total. The zero-order valence-corrected chi connectivity index (χ0v) is 16.4. The highest BCUT2D eigenvalue weighted by Crippen LogP contribution is 2.31. The Morgan fingerprint density at radius 1 is 1.36 bits per heavy atom. The Morgan fingerprint density at radius 3 is 2.86 bits per heavy atom. The number of nitrogens with two attached hydrogens (primary N) is 1. The van der Waals surface area contributed by atoms with E-state index in [4.69, 9.17) is 21.3 Å². The van der Waals surface area contributed by atoms with Crippen molar-refractivity contribution >= 4 is 17.4 Å². The number of aliphatic hydroxyl groups is 1. The van der Waals surface area contributed by atoms with Crippen LogP contribution in [0, 0.1) is 28.6 Å². The lowest BCUT2D eigenvalue weighted by atomic mass is 9.79. The second-order valence-electron chi connectivity index (χ2n) is 7.57. The molecule has 1 aromatic carbocycles. The summed E-state index contributed by atoms with van der Waals surface area (Å²) in [6, 6.07) is 7.52. The summed E-state index contributed by atoms with van der Waals surface area (Å²) in [5.41, 5.74) is 8.88. The van der Waals surface area contributed by atoms with Gasteiger partial charge in [-0.2, -0.15) is 0 Å². The van der Waals surface area contributed by atoms with Crippen LogP contribution in [0.4, 0.5) is 0 Å². The number of nitrogens with one attached hydrogen (secondary N) is 2. The Hall–Kier alpha value is -2.73. The smallest absolute Gasteiger partial charge is 0.231 e. The standard InChI is InChI=1S/C22H28N4O2/c1-13-5-3-8-17(14(13)2)12-28-22-20(23)19(21(24)25)18(10-26-22)16-7-4-6-15(9-16)11-27/h3-9,13-14,18-19,23,27H,10-12H2,1-2H3,(H3,24,25). The van der Waals surface area contributed by atoms with Gasteiger partial charge in [0.1, 0.15) is 18.2 Å². The highest BCUT2D eigenvalue weighted by molar-refractivity contribution is 6.42. The summed E-state index contributed by atoms with van der Waals surface area (Å²) in [4.78, 5) is 4.49. The molecule has 0 bridgehead atoms. The quantitative estimate of drug-likeness (QED) is 0.465. The van der Waals surface area contributed by atoms with Crippen molar-refractivity contribution in [3.8, 4) is 0 Å². The van der Waals surface area contributed by atoms with Crippen molar-refractivity contribution in [2.45, 2.75) is 26.4 Å². The number of nitrogens with zero attached hydrogens (tertiary/aromatic N) is 1. The number of hydrogen-bond acceptors (Lipinski definition) is 5. The van der Waals surface area contributed by atoms with Crippen LogP contribution in [0.25, 0.3) is 0 Å². The lowest BCUT2D eigenvalue weighted by Gasteiger charge is -2.31. The van der Waals surface area contributed by atoms with Crippen LogP contribution in [0.3, 0.4) is 0 Å². The third kappa shape index (κ3) is 4.07. The molecule has 1 aromatic rings. The predicted octanol–water partition coefficient (Wildman–Crippen LogP) is 3.03. The number of rotatable bonds is 5. The molecule has 0 aromatic heterocycles. The Bertz CT molecular complexity index is 856. The topological polar surface area (TPSA) is 116 Å². The number of aliphatic hydroxyl groups excluding tert-OH is 1. The van der Waals surface area contributed by atoms with E-state index in [-0.39, 0.29) is 30.0 Å². The first-order chi connectivity index (χ1) is 13.4. The van der Waals surface area contributed by atoms with Gasteiger partial charge in [-0.3, -0.25) is 10.8 Å². The van der Waals surface area contributed by atoms with Crippen molar-refractivity contribution in [3.63, 3.8) is 0 Å². The van der Waals surface area contributed by atoms with E-state index in [0.717, 1.165) is 11.1 Å². The average Bonchev–Trinajstić information content (AvgIpc) is 2.69. The molecule has 0 fully saturated rings. The molecule has 0 spiro atoms. The van der Waals surface area contributed by atoms with Crippen molar-refractivity contribution in [2.75, 3.05) is 13.2 Å². The summed E-state index contributed by atoms with van der Waals surface area (Å²) < 4.78 is 5.89. The Kier molecular flexibility index (Phi) is 6.09. The predicted molar refractivity (Wildman–Crippen MR) is 112 cm³/mol. The fourth-order valence-corrected chi connectivity index (χ4v) is 3.76.